The summed E-state index contributed by atoms with van der Waals surface area (Å²) in [5, 5.41) is 3.64. The molecule has 4 heterocycles. The van der Waals surface area contributed by atoms with Gasteiger partial charge in [-0.25, -0.2) is 4.98 Å². The average molecular weight is 507 g/mol. The molecule has 2 aromatic rings. The molecule has 2 aliphatic carbocycles. The van der Waals surface area contributed by atoms with Crippen LogP contribution in [0.4, 0.5) is 17.5 Å². The number of aryl methyl sites for hydroxylation is 3. The van der Waals surface area contributed by atoms with Crippen molar-refractivity contribution in [2.24, 2.45) is 28.3 Å². The average Bonchev–Trinajstić information content (AvgIpc) is 3.49. The maximum atomic E-state index is 12.9. The van der Waals surface area contributed by atoms with Crippen LogP contribution in [-0.2, 0) is 30.1 Å². The molecule has 0 radical (unpaired) electrons. The molecule has 9 nitrogen and oxygen atoms in total. The molecular formula is C26H34N8OS. The van der Waals surface area contributed by atoms with Gasteiger partial charge >= 0.3 is 0 Å². The summed E-state index contributed by atoms with van der Waals surface area (Å²) in [5.41, 5.74) is 16.4. The number of fused-ring (bicyclic) bond motifs is 3. The molecule has 36 heavy (non-hydrogen) atoms. The Balaban J connectivity index is 1.11. The molecule has 3 aliphatic heterocycles. The van der Waals surface area contributed by atoms with Crippen molar-refractivity contribution in [3.63, 3.8) is 0 Å². The summed E-state index contributed by atoms with van der Waals surface area (Å²) < 4.78 is 12.9. The van der Waals surface area contributed by atoms with Crippen LogP contribution >= 0.6 is 0 Å². The molecule has 5 N–H and O–H groups in total. The zero-order chi connectivity index (χ0) is 24.4. The van der Waals surface area contributed by atoms with Gasteiger partial charge in [0, 0.05) is 55.9 Å². The molecule has 190 valence electrons. The molecule has 1 aromatic carbocycles. The predicted octanol–water partition coefficient (Wildman–Crippen LogP) is 1.42. The molecule has 7 rings (SSSR count). The third-order valence-electron chi connectivity index (χ3n) is 8.92. The van der Waals surface area contributed by atoms with Crippen LogP contribution in [-0.4, -0.2) is 64.2 Å². The van der Waals surface area contributed by atoms with Gasteiger partial charge in [-0.1, -0.05) is 6.07 Å². The fraction of sp³-hybridized carbons (Fsp3) is 0.577. The molecule has 0 bridgehead atoms. The predicted molar refractivity (Wildman–Crippen MR) is 143 cm³/mol. The number of nitrogens with two attached hydrogens (primary N) is 2. The van der Waals surface area contributed by atoms with Crippen molar-refractivity contribution in [2.45, 2.75) is 49.0 Å². The Morgan fingerprint density at radius 3 is 2.44 bits per heavy atom. The monoisotopic (exact) mass is 506 g/mol. The lowest BCUT2D eigenvalue weighted by Gasteiger charge is -2.42. The second-order valence-electron chi connectivity index (χ2n) is 11.2. The highest BCUT2D eigenvalue weighted by Crippen LogP contribution is 2.41. The van der Waals surface area contributed by atoms with E-state index in [4.69, 9.17) is 21.4 Å². The first-order valence-corrected chi connectivity index (χ1v) is 14.5. The first-order chi connectivity index (χ1) is 17.5. The minimum Gasteiger partial charge on any atom is -0.371 e. The first kappa shape index (κ1) is 22.3. The molecule has 2 saturated heterocycles. The highest BCUT2D eigenvalue weighted by atomic mass is 32.2. The topological polar surface area (TPSA) is 126 Å². The third kappa shape index (κ3) is 3.72. The number of nitrogens with zero attached hydrogens (tertiary/aromatic N) is 5. The van der Waals surface area contributed by atoms with Crippen molar-refractivity contribution in [1.29, 1.82) is 0 Å². The normalized spacial score (nSPS) is 27.1. The van der Waals surface area contributed by atoms with Gasteiger partial charge in [0.2, 0.25) is 5.95 Å². The minimum atomic E-state index is -1.07. The van der Waals surface area contributed by atoms with Gasteiger partial charge in [0.05, 0.1) is 28.6 Å². The van der Waals surface area contributed by atoms with Crippen LogP contribution in [0.1, 0.15) is 36.1 Å². The number of benzene rings is 1. The molecule has 3 fully saturated rings. The summed E-state index contributed by atoms with van der Waals surface area (Å²) in [6.07, 6.45) is 6.25. The van der Waals surface area contributed by atoms with Crippen molar-refractivity contribution in [3.8, 4) is 0 Å². The summed E-state index contributed by atoms with van der Waals surface area (Å²) in [5.74, 6) is 3.42. The third-order valence-corrected chi connectivity index (χ3v) is 10.4. The lowest BCUT2D eigenvalue weighted by atomic mass is 9.76. The van der Waals surface area contributed by atoms with Gasteiger partial charge in [-0.05, 0) is 55.4 Å². The molecule has 10 heteroatoms. The van der Waals surface area contributed by atoms with E-state index in [1.807, 2.05) is 0 Å². The van der Waals surface area contributed by atoms with Gasteiger partial charge in [-0.15, -0.1) is 0 Å². The van der Waals surface area contributed by atoms with E-state index in [1.54, 1.807) is 0 Å². The zero-order valence-corrected chi connectivity index (χ0v) is 21.4. The van der Waals surface area contributed by atoms with E-state index >= 15 is 0 Å². The van der Waals surface area contributed by atoms with Crippen LogP contribution in [0.2, 0.25) is 0 Å². The Labute approximate surface area is 214 Å². The summed E-state index contributed by atoms with van der Waals surface area (Å²) in [6.45, 7) is 4.60. The number of guanidine groups is 1. The SMILES string of the molecule is NC(N)=NCC1(Nc2nc(N3CC4CN(c5ccc6c(c5)CC6)CC4C3)nc3c2[S@](=O)CC3)CCC1. The van der Waals surface area contributed by atoms with Crippen molar-refractivity contribution in [3.05, 3.63) is 35.0 Å². The van der Waals surface area contributed by atoms with Crippen LogP contribution in [0.25, 0.3) is 0 Å². The smallest absolute Gasteiger partial charge is 0.227 e. The van der Waals surface area contributed by atoms with Gasteiger partial charge < -0.3 is 26.6 Å². The van der Waals surface area contributed by atoms with Crippen LogP contribution in [0.15, 0.2) is 28.1 Å². The lowest BCUT2D eigenvalue weighted by molar-refractivity contribution is 0.286. The molecule has 1 saturated carbocycles. The van der Waals surface area contributed by atoms with Crippen LogP contribution in [0.3, 0.4) is 0 Å². The number of aromatic nitrogens is 2. The molecular weight excluding hydrogens is 472 g/mol. The Hall–Kier alpha value is -2.88. The van der Waals surface area contributed by atoms with E-state index in [2.05, 4.69) is 38.3 Å². The van der Waals surface area contributed by atoms with Crippen molar-refractivity contribution in [2.75, 3.05) is 53.6 Å². The summed E-state index contributed by atoms with van der Waals surface area (Å²) in [4.78, 5) is 19.9. The summed E-state index contributed by atoms with van der Waals surface area (Å²) in [6, 6.07) is 7.02. The number of aliphatic imine (C=N–C) groups is 1. The van der Waals surface area contributed by atoms with E-state index < -0.39 is 10.8 Å². The van der Waals surface area contributed by atoms with Crippen molar-refractivity contribution < 1.29 is 4.21 Å². The van der Waals surface area contributed by atoms with Gasteiger partial charge in [-0.2, -0.15) is 4.98 Å². The Bertz CT molecular complexity index is 1260. The van der Waals surface area contributed by atoms with Crippen LogP contribution in [0.5, 0.6) is 0 Å². The maximum Gasteiger partial charge on any atom is 0.227 e. The van der Waals surface area contributed by atoms with Gasteiger partial charge in [0.15, 0.2) is 5.96 Å². The largest absolute Gasteiger partial charge is 0.371 e. The number of nitrogens with one attached hydrogen (secondary N) is 1. The second-order valence-corrected chi connectivity index (χ2v) is 12.7. The van der Waals surface area contributed by atoms with Gasteiger partial charge in [0.25, 0.3) is 0 Å². The molecule has 2 unspecified atom stereocenters. The second kappa shape index (κ2) is 8.33. The zero-order valence-electron chi connectivity index (χ0n) is 20.6. The quantitative estimate of drug-likeness (QED) is 0.397. The molecule has 1 aromatic heterocycles. The number of rotatable bonds is 6. The Kier molecular flexibility index (Phi) is 5.16. The Morgan fingerprint density at radius 1 is 1.06 bits per heavy atom. The highest BCUT2D eigenvalue weighted by Gasteiger charge is 2.43. The first-order valence-electron chi connectivity index (χ1n) is 13.2. The highest BCUT2D eigenvalue weighted by molar-refractivity contribution is 7.85. The minimum absolute atomic E-state index is 0.0993. The fourth-order valence-corrected chi connectivity index (χ4v) is 7.88. The molecule has 0 amide bonds. The van der Waals surface area contributed by atoms with E-state index in [9.17, 15) is 4.21 Å². The van der Waals surface area contributed by atoms with Crippen molar-refractivity contribution >= 4 is 34.2 Å². The van der Waals surface area contributed by atoms with E-state index in [0.29, 0.717) is 24.1 Å². The summed E-state index contributed by atoms with van der Waals surface area (Å²) >= 11 is 0. The summed E-state index contributed by atoms with van der Waals surface area (Å²) in [7, 11) is -1.07. The molecule has 3 atom stereocenters. The number of anilines is 3. The van der Waals surface area contributed by atoms with Gasteiger partial charge in [-0.3, -0.25) is 9.20 Å². The molecule has 0 spiro atoms. The molecule has 5 aliphatic rings. The fourth-order valence-electron chi connectivity index (χ4n) is 6.58. The van der Waals surface area contributed by atoms with Gasteiger partial charge in [0.1, 0.15) is 10.7 Å². The lowest BCUT2D eigenvalue weighted by Crippen LogP contribution is -2.49. The van der Waals surface area contributed by atoms with E-state index in [1.165, 1.54) is 29.7 Å². The van der Waals surface area contributed by atoms with Crippen LogP contribution < -0.4 is 26.6 Å². The standard InChI is InChI=1S/C26H34N8OS/c27-24(28)29-15-26(7-1-8-26)32-23-22-21(6-9-36(22)35)30-25(31-23)34-13-18-11-33(12-19(18)14-34)20-5-4-16-2-3-17(16)10-20/h4-5,10,18-19H,1-3,6-9,11-15H2,(H4,27,28,29)(H,30,31,32)/t18?,19?,36-/m1/s1. The maximum absolute atomic E-state index is 12.9. The van der Waals surface area contributed by atoms with E-state index in [-0.39, 0.29) is 11.5 Å². The Morgan fingerprint density at radius 2 is 1.81 bits per heavy atom. The van der Waals surface area contributed by atoms with Crippen molar-refractivity contribution in [1.82, 2.24) is 9.97 Å². The van der Waals surface area contributed by atoms with Crippen LogP contribution in [0, 0.1) is 11.8 Å². The number of hydrogen-bond acceptors (Lipinski definition) is 7. The van der Waals surface area contributed by atoms with E-state index in [0.717, 1.165) is 74.2 Å². The number of hydrogen-bond donors (Lipinski definition) is 3.